The molecule has 1 unspecified atom stereocenters. The molecule has 0 aliphatic carbocycles. The quantitative estimate of drug-likeness (QED) is 0.248. The summed E-state index contributed by atoms with van der Waals surface area (Å²) < 4.78 is 7.18. The molecule has 0 radical (unpaired) electrons. The van der Waals surface area contributed by atoms with Crippen LogP contribution in [0.5, 0.6) is 0 Å². The van der Waals surface area contributed by atoms with Gasteiger partial charge in [-0.15, -0.1) is 17.9 Å². The topological polar surface area (TPSA) is 90.0 Å². The molecule has 1 N–H and O–H groups in total. The largest absolute Gasteiger partial charge is 0.338 e. The lowest BCUT2D eigenvalue weighted by Gasteiger charge is -2.13. The zero-order chi connectivity index (χ0) is 22.0. The Bertz CT molecular complexity index is 1310. The third-order valence-corrected chi connectivity index (χ3v) is 6.75. The molecule has 0 aliphatic rings. The molecule has 31 heavy (non-hydrogen) atoms. The molecule has 0 saturated heterocycles. The molecule has 0 aliphatic heterocycles. The van der Waals surface area contributed by atoms with Crippen LogP contribution in [0.1, 0.15) is 12.6 Å². The van der Waals surface area contributed by atoms with Gasteiger partial charge in [-0.1, -0.05) is 53.3 Å². The highest BCUT2D eigenvalue weighted by Crippen LogP contribution is 2.32. The van der Waals surface area contributed by atoms with Crippen molar-refractivity contribution in [2.45, 2.75) is 30.8 Å². The Morgan fingerprint density at radius 2 is 2.13 bits per heavy atom. The van der Waals surface area contributed by atoms with Gasteiger partial charge in [-0.25, -0.2) is 4.98 Å². The van der Waals surface area contributed by atoms with Crippen LogP contribution in [0.25, 0.3) is 20.7 Å². The van der Waals surface area contributed by atoms with Crippen molar-refractivity contribution in [1.29, 1.82) is 0 Å². The molecule has 1 amide bonds. The maximum absolute atomic E-state index is 13.2. The molecular formula is C22H20N4O3S2. The van der Waals surface area contributed by atoms with Crippen molar-refractivity contribution >= 4 is 45.1 Å². The number of anilines is 1. The van der Waals surface area contributed by atoms with E-state index in [2.05, 4.69) is 17.1 Å². The summed E-state index contributed by atoms with van der Waals surface area (Å²) in [5, 5.41) is 6.40. The van der Waals surface area contributed by atoms with Crippen LogP contribution in [0.4, 0.5) is 5.88 Å². The number of allylic oxidation sites excluding steroid dienone is 1. The minimum atomic E-state index is -0.516. The van der Waals surface area contributed by atoms with Crippen LogP contribution in [-0.4, -0.2) is 25.9 Å². The second-order valence-electron chi connectivity index (χ2n) is 6.87. The minimum Gasteiger partial charge on any atom is -0.338 e. The van der Waals surface area contributed by atoms with Crippen molar-refractivity contribution in [3.63, 3.8) is 0 Å². The third kappa shape index (κ3) is 4.47. The summed E-state index contributed by atoms with van der Waals surface area (Å²) in [6, 6.07) is 13.4. The lowest BCUT2D eigenvalue weighted by molar-refractivity contribution is -0.115. The number of hydrogen-bond donors (Lipinski definition) is 1. The number of carbonyl (C=O) groups is 1. The maximum Gasteiger partial charge on any atom is 0.272 e. The summed E-state index contributed by atoms with van der Waals surface area (Å²) in [5.41, 5.74) is 2.19. The van der Waals surface area contributed by atoms with Crippen LogP contribution in [0, 0.1) is 6.92 Å². The summed E-state index contributed by atoms with van der Waals surface area (Å²) in [6.45, 7) is 7.58. The third-order valence-electron chi connectivity index (χ3n) is 4.49. The molecule has 0 fully saturated rings. The van der Waals surface area contributed by atoms with Crippen molar-refractivity contribution < 1.29 is 9.32 Å². The van der Waals surface area contributed by atoms with E-state index in [4.69, 9.17) is 9.51 Å². The lowest BCUT2D eigenvalue weighted by atomic mass is 10.2. The summed E-state index contributed by atoms with van der Waals surface area (Å²) in [6.07, 6.45) is 1.65. The van der Waals surface area contributed by atoms with Crippen LogP contribution in [0.3, 0.4) is 0 Å². The van der Waals surface area contributed by atoms with E-state index in [-0.39, 0.29) is 17.4 Å². The number of nitrogens with zero attached hydrogens (tertiary/aromatic N) is 3. The van der Waals surface area contributed by atoms with E-state index in [0.29, 0.717) is 27.6 Å². The number of hydrogen-bond acceptors (Lipinski definition) is 7. The van der Waals surface area contributed by atoms with Gasteiger partial charge in [-0.05, 0) is 25.5 Å². The Morgan fingerprint density at radius 1 is 1.35 bits per heavy atom. The number of rotatable bonds is 7. The number of benzene rings is 1. The lowest BCUT2D eigenvalue weighted by Crippen LogP contribution is -2.26. The molecule has 1 aromatic carbocycles. The van der Waals surface area contributed by atoms with Gasteiger partial charge in [-0.3, -0.25) is 19.5 Å². The van der Waals surface area contributed by atoms with E-state index in [1.165, 1.54) is 23.1 Å². The number of fused-ring (bicyclic) bond motifs is 1. The van der Waals surface area contributed by atoms with Crippen molar-refractivity contribution in [3.05, 3.63) is 71.2 Å². The van der Waals surface area contributed by atoms with Gasteiger partial charge < -0.3 is 4.52 Å². The van der Waals surface area contributed by atoms with Crippen molar-refractivity contribution in [2.24, 2.45) is 0 Å². The molecule has 158 valence electrons. The fourth-order valence-corrected chi connectivity index (χ4v) is 4.94. The average Bonchev–Trinajstić information content (AvgIpc) is 3.37. The number of thiophene rings is 1. The number of aryl methyl sites for hydroxylation is 1. The van der Waals surface area contributed by atoms with E-state index >= 15 is 0 Å². The molecule has 3 aromatic heterocycles. The smallest absolute Gasteiger partial charge is 0.272 e. The number of amides is 1. The molecule has 0 spiro atoms. The fraction of sp³-hybridized carbons (Fsp3) is 0.182. The van der Waals surface area contributed by atoms with Crippen molar-refractivity contribution in [3.8, 4) is 10.4 Å². The highest BCUT2D eigenvalue weighted by atomic mass is 32.2. The second-order valence-corrected chi connectivity index (χ2v) is 9.23. The molecule has 9 heteroatoms. The number of thioether (sulfide) groups is 1. The Kier molecular flexibility index (Phi) is 6.06. The van der Waals surface area contributed by atoms with Crippen molar-refractivity contribution in [2.75, 3.05) is 5.32 Å². The van der Waals surface area contributed by atoms with Gasteiger partial charge in [0.2, 0.25) is 11.8 Å². The highest BCUT2D eigenvalue weighted by Gasteiger charge is 2.21. The van der Waals surface area contributed by atoms with Gasteiger partial charge in [0.05, 0.1) is 16.5 Å². The van der Waals surface area contributed by atoms with Crippen LogP contribution in [0.2, 0.25) is 0 Å². The van der Waals surface area contributed by atoms with Gasteiger partial charge in [0.25, 0.3) is 5.56 Å². The average molecular weight is 453 g/mol. The number of aromatic nitrogens is 3. The molecule has 3 heterocycles. The van der Waals surface area contributed by atoms with E-state index in [1.54, 1.807) is 30.6 Å². The minimum absolute atomic E-state index is 0.141. The number of carbonyl (C=O) groups excluding carboxylic acids is 1. The molecule has 0 bridgehead atoms. The Labute approximate surface area is 186 Å². The maximum atomic E-state index is 13.2. The predicted molar refractivity (Wildman–Crippen MR) is 125 cm³/mol. The van der Waals surface area contributed by atoms with Gasteiger partial charge in [-0.2, -0.15) is 0 Å². The first-order chi connectivity index (χ1) is 15.0. The van der Waals surface area contributed by atoms with E-state index in [9.17, 15) is 9.59 Å². The van der Waals surface area contributed by atoms with Gasteiger partial charge >= 0.3 is 0 Å². The normalized spacial score (nSPS) is 12.1. The summed E-state index contributed by atoms with van der Waals surface area (Å²) in [4.78, 5) is 31.4. The first-order valence-corrected chi connectivity index (χ1v) is 11.3. The van der Waals surface area contributed by atoms with Crippen molar-refractivity contribution in [1.82, 2.24) is 14.7 Å². The standard InChI is InChI=1S/C22H20N4O3S2/c1-4-10-26-21(28)19-16(12-17(31-19)15-8-6-5-7-9-15)23-22(26)30-14(3)20(27)24-18-11-13(2)25-29-18/h4-9,11-12,14H,1,10H2,2-3H3,(H,24,27). The number of nitrogens with one attached hydrogen (secondary N) is 1. The summed E-state index contributed by atoms with van der Waals surface area (Å²) in [7, 11) is 0. The monoisotopic (exact) mass is 452 g/mol. The van der Waals surface area contributed by atoms with Crippen LogP contribution in [-0.2, 0) is 11.3 Å². The Hall–Kier alpha value is -3.17. The van der Waals surface area contributed by atoms with E-state index in [1.807, 2.05) is 36.4 Å². The first kappa shape index (κ1) is 21.1. The molecule has 4 rings (SSSR count). The molecule has 1 atom stereocenters. The zero-order valence-electron chi connectivity index (χ0n) is 17.0. The summed E-state index contributed by atoms with van der Waals surface area (Å²) >= 11 is 2.63. The fourth-order valence-electron chi connectivity index (χ4n) is 2.97. The van der Waals surface area contributed by atoms with Gasteiger partial charge in [0.15, 0.2) is 5.16 Å². The van der Waals surface area contributed by atoms with Crippen LogP contribution < -0.4 is 10.9 Å². The molecular weight excluding hydrogens is 432 g/mol. The Morgan fingerprint density at radius 3 is 2.81 bits per heavy atom. The zero-order valence-corrected chi connectivity index (χ0v) is 18.6. The van der Waals surface area contributed by atoms with Gasteiger partial charge in [0, 0.05) is 17.5 Å². The highest BCUT2D eigenvalue weighted by molar-refractivity contribution is 8.00. The van der Waals surface area contributed by atoms with Gasteiger partial charge in [0.1, 0.15) is 4.70 Å². The SMILES string of the molecule is C=CCn1c(SC(C)C(=O)Nc2cc(C)no2)nc2cc(-c3ccccc3)sc2c1=O. The molecule has 4 aromatic rings. The Balaban J connectivity index is 1.67. The second kappa shape index (κ2) is 8.91. The molecule has 7 nitrogen and oxygen atoms in total. The first-order valence-electron chi connectivity index (χ1n) is 9.58. The van der Waals surface area contributed by atoms with Crippen LogP contribution >= 0.6 is 23.1 Å². The van der Waals surface area contributed by atoms with E-state index < -0.39 is 5.25 Å². The molecule has 0 saturated carbocycles. The predicted octanol–water partition coefficient (Wildman–Crippen LogP) is 4.73. The van der Waals surface area contributed by atoms with Crippen LogP contribution in [0.15, 0.2) is 69.6 Å². The summed E-state index contributed by atoms with van der Waals surface area (Å²) in [5.74, 6) is 0.0168. The van der Waals surface area contributed by atoms with E-state index in [0.717, 1.165) is 10.4 Å².